The first-order valence-electron chi connectivity index (χ1n) is 7.77. The van der Waals surface area contributed by atoms with Gasteiger partial charge in [0.1, 0.15) is 5.75 Å². The zero-order valence-electron chi connectivity index (χ0n) is 12.7. The van der Waals surface area contributed by atoms with Gasteiger partial charge in [-0.05, 0) is 68.8 Å². The molecule has 2 N–H and O–H groups in total. The molecule has 0 spiro atoms. The summed E-state index contributed by atoms with van der Waals surface area (Å²) in [5.74, 6) is 0.987. The summed E-state index contributed by atoms with van der Waals surface area (Å²) in [6, 6.07) is 6.48. The van der Waals surface area contributed by atoms with Gasteiger partial charge in [-0.25, -0.2) is 0 Å². The average Bonchev–Trinajstić information content (AvgIpc) is 2.96. The molecular formula is C17H27NO2. The van der Waals surface area contributed by atoms with Crippen molar-refractivity contribution >= 4 is 0 Å². The molecule has 0 radical (unpaired) electrons. The number of hydrogen-bond donors (Lipinski definition) is 2. The van der Waals surface area contributed by atoms with E-state index in [4.69, 9.17) is 4.74 Å². The van der Waals surface area contributed by atoms with E-state index in [0.717, 1.165) is 25.0 Å². The smallest absolute Gasteiger partial charge is 0.119 e. The Balaban J connectivity index is 1.78. The number of aliphatic hydroxyl groups is 1. The van der Waals surface area contributed by atoms with Gasteiger partial charge in [-0.15, -0.1) is 0 Å². The molecule has 0 fully saturated rings. The Morgan fingerprint density at radius 3 is 2.80 bits per heavy atom. The number of aryl methyl sites for hydroxylation is 2. The summed E-state index contributed by atoms with van der Waals surface area (Å²) in [5.41, 5.74) is 2.79. The molecule has 1 unspecified atom stereocenters. The standard InChI is InChI=1S/C17H27NO2/c1-3-17(13-19,18-2)10-5-11-20-16-9-8-14-6-4-7-15(14)12-16/h8-9,12,18-19H,3-7,10-11,13H2,1-2H3. The lowest BCUT2D eigenvalue weighted by atomic mass is 9.92. The summed E-state index contributed by atoms with van der Waals surface area (Å²) in [6.07, 6.45) is 6.49. The maximum absolute atomic E-state index is 9.50. The van der Waals surface area contributed by atoms with Gasteiger partial charge in [-0.1, -0.05) is 13.0 Å². The van der Waals surface area contributed by atoms with Crippen LogP contribution in [0.4, 0.5) is 0 Å². The SMILES string of the molecule is CCC(CO)(CCCOc1ccc2c(c1)CCC2)NC. The summed E-state index contributed by atoms with van der Waals surface area (Å²) in [6.45, 7) is 3.00. The minimum absolute atomic E-state index is 0.151. The van der Waals surface area contributed by atoms with Crippen LogP contribution in [0.5, 0.6) is 5.75 Å². The van der Waals surface area contributed by atoms with Gasteiger partial charge in [0.15, 0.2) is 0 Å². The number of likely N-dealkylation sites (N-methyl/N-ethyl adjacent to an activating group) is 1. The first kappa shape index (κ1) is 15.3. The van der Waals surface area contributed by atoms with Gasteiger partial charge >= 0.3 is 0 Å². The van der Waals surface area contributed by atoms with Crippen LogP contribution in [0.25, 0.3) is 0 Å². The van der Waals surface area contributed by atoms with E-state index in [9.17, 15) is 5.11 Å². The minimum atomic E-state index is -0.151. The molecule has 0 saturated heterocycles. The summed E-state index contributed by atoms with van der Waals surface area (Å²) < 4.78 is 5.85. The second-order valence-corrected chi connectivity index (χ2v) is 5.78. The van der Waals surface area contributed by atoms with Crippen LogP contribution >= 0.6 is 0 Å². The molecule has 0 saturated carbocycles. The first-order chi connectivity index (χ1) is 9.73. The Morgan fingerprint density at radius 2 is 2.10 bits per heavy atom. The predicted molar refractivity (Wildman–Crippen MR) is 82.4 cm³/mol. The van der Waals surface area contributed by atoms with E-state index in [1.807, 2.05) is 7.05 Å². The van der Waals surface area contributed by atoms with Crippen molar-refractivity contribution in [3.05, 3.63) is 29.3 Å². The van der Waals surface area contributed by atoms with Crippen LogP contribution in [0.2, 0.25) is 0 Å². The molecule has 0 bridgehead atoms. The van der Waals surface area contributed by atoms with E-state index in [1.165, 1.54) is 30.4 Å². The first-order valence-corrected chi connectivity index (χ1v) is 7.77. The largest absolute Gasteiger partial charge is 0.494 e. The molecular weight excluding hydrogens is 250 g/mol. The fourth-order valence-corrected chi connectivity index (χ4v) is 2.99. The van der Waals surface area contributed by atoms with Gasteiger partial charge in [-0.2, -0.15) is 0 Å². The van der Waals surface area contributed by atoms with Crippen molar-refractivity contribution in [2.24, 2.45) is 0 Å². The fraction of sp³-hybridized carbons (Fsp3) is 0.647. The highest BCUT2D eigenvalue weighted by atomic mass is 16.5. The Hall–Kier alpha value is -1.06. The number of fused-ring (bicyclic) bond motifs is 1. The van der Waals surface area contributed by atoms with Crippen LogP contribution in [-0.2, 0) is 12.8 Å². The van der Waals surface area contributed by atoms with Crippen LogP contribution < -0.4 is 10.1 Å². The van der Waals surface area contributed by atoms with E-state index in [0.29, 0.717) is 6.61 Å². The molecule has 1 atom stereocenters. The van der Waals surface area contributed by atoms with Crippen molar-refractivity contribution in [1.29, 1.82) is 0 Å². The molecule has 1 aromatic rings. The number of nitrogens with one attached hydrogen (secondary N) is 1. The number of hydrogen-bond acceptors (Lipinski definition) is 3. The molecule has 112 valence electrons. The van der Waals surface area contributed by atoms with Crippen LogP contribution in [0.1, 0.15) is 43.7 Å². The van der Waals surface area contributed by atoms with E-state index >= 15 is 0 Å². The molecule has 2 rings (SSSR count). The summed E-state index contributed by atoms with van der Waals surface area (Å²) in [4.78, 5) is 0. The van der Waals surface area contributed by atoms with E-state index in [-0.39, 0.29) is 12.1 Å². The van der Waals surface area contributed by atoms with E-state index in [1.54, 1.807) is 0 Å². The maximum atomic E-state index is 9.50. The second kappa shape index (κ2) is 7.09. The summed E-state index contributed by atoms with van der Waals surface area (Å²) in [7, 11) is 1.92. The lowest BCUT2D eigenvalue weighted by Gasteiger charge is -2.30. The number of benzene rings is 1. The molecule has 1 aromatic carbocycles. The number of ether oxygens (including phenoxy) is 1. The van der Waals surface area contributed by atoms with Gasteiger partial charge in [0.25, 0.3) is 0 Å². The molecule has 3 nitrogen and oxygen atoms in total. The topological polar surface area (TPSA) is 41.5 Å². The molecule has 0 amide bonds. The van der Waals surface area contributed by atoms with Crippen LogP contribution in [0.15, 0.2) is 18.2 Å². The Bertz CT molecular complexity index is 419. The fourth-order valence-electron chi connectivity index (χ4n) is 2.99. The summed E-state index contributed by atoms with van der Waals surface area (Å²) >= 11 is 0. The van der Waals surface area contributed by atoms with Gasteiger partial charge < -0.3 is 15.2 Å². The zero-order valence-corrected chi connectivity index (χ0v) is 12.7. The van der Waals surface area contributed by atoms with Crippen LogP contribution in [0.3, 0.4) is 0 Å². The lowest BCUT2D eigenvalue weighted by Crippen LogP contribution is -2.46. The molecule has 20 heavy (non-hydrogen) atoms. The number of rotatable bonds is 8. The van der Waals surface area contributed by atoms with Crippen molar-refractivity contribution < 1.29 is 9.84 Å². The van der Waals surface area contributed by atoms with Gasteiger partial charge in [0.2, 0.25) is 0 Å². The average molecular weight is 277 g/mol. The van der Waals surface area contributed by atoms with E-state index < -0.39 is 0 Å². The molecule has 3 heteroatoms. The van der Waals surface area contributed by atoms with Crippen molar-refractivity contribution in [1.82, 2.24) is 5.32 Å². The second-order valence-electron chi connectivity index (χ2n) is 5.78. The molecule has 1 aliphatic carbocycles. The molecule has 1 aliphatic rings. The maximum Gasteiger partial charge on any atom is 0.119 e. The number of aliphatic hydroxyl groups excluding tert-OH is 1. The third-order valence-electron chi connectivity index (χ3n) is 4.65. The van der Waals surface area contributed by atoms with Crippen molar-refractivity contribution in [3.8, 4) is 5.75 Å². The van der Waals surface area contributed by atoms with Crippen LogP contribution in [0, 0.1) is 0 Å². The molecule has 0 heterocycles. The highest BCUT2D eigenvalue weighted by Crippen LogP contribution is 2.26. The summed E-state index contributed by atoms with van der Waals surface area (Å²) in [5, 5.41) is 12.7. The van der Waals surface area contributed by atoms with Gasteiger partial charge in [0.05, 0.1) is 13.2 Å². The Morgan fingerprint density at radius 1 is 1.30 bits per heavy atom. The highest BCUT2D eigenvalue weighted by Gasteiger charge is 2.24. The predicted octanol–water partition coefficient (Wildman–Crippen LogP) is 2.69. The zero-order chi connectivity index (χ0) is 14.4. The third kappa shape index (κ3) is 3.53. The van der Waals surface area contributed by atoms with Gasteiger partial charge in [-0.3, -0.25) is 0 Å². The quantitative estimate of drug-likeness (QED) is 0.718. The van der Waals surface area contributed by atoms with Crippen molar-refractivity contribution in [2.75, 3.05) is 20.3 Å². The highest BCUT2D eigenvalue weighted by molar-refractivity contribution is 5.38. The van der Waals surface area contributed by atoms with Gasteiger partial charge in [0, 0.05) is 5.54 Å². The third-order valence-corrected chi connectivity index (χ3v) is 4.65. The van der Waals surface area contributed by atoms with Crippen LogP contribution in [-0.4, -0.2) is 30.9 Å². The molecule has 0 aliphatic heterocycles. The lowest BCUT2D eigenvalue weighted by molar-refractivity contribution is 0.145. The Labute approximate surface area is 122 Å². The van der Waals surface area contributed by atoms with Crippen molar-refractivity contribution in [3.63, 3.8) is 0 Å². The Kier molecular flexibility index (Phi) is 5.44. The molecule has 0 aromatic heterocycles. The minimum Gasteiger partial charge on any atom is -0.494 e. The normalized spacial score (nSPS) is 16.8. The van der Waals surface area contributed by atoms with E-state index in [2.05, 4.69) is 30.4 Å². The monoisotopic (exact) mass is 277 g/mol. The van der Waals surface area contributed by atoms with Crippen molar-refractivity contribution in [2.45, 2.75) is 51.0 Å².